The van der Waals surface area contributed by atoms with E-state index >= 15 is 0 Å². The first-order valence-electron chi connectivity index (χ1n) is 4.64. The van der Waals surface area contributed by atoms with Crippen LogP contribution in [0.15, 0.2) is 18.2 Å². The summed E-state index contributed by atoms with van der Waals surface area (Å²) >= 11 is 0. The zero-order valence-corrected chi connectivity index (χ0v) is 8.46. The zero-order valence-electron chi connectivity index (χ0n) is 8.46. The van der Waals surface area contributed by atoms with Crippen LogP contribution in [0.25, 0.3) is 0 Å². The second-order valence-electron chi connectivity index (χ2n) is 3.32. The second-order valence-corrected chi connectivity index (χ2v) is 3.32. The van der Waals surface area contributed by atoms with Crippen LogP contribution in [0.3, 0.4) is 0 Å². The Hall–Kier alpha value is -1.09. The van der Waals surface area contributed by atoms with Gasteiger partial charge in [0.2, 0.25) is 0 Å². The van der Waals surface area contributed by atoms with Crippen molar-refractivity contribution in [1.29, 1.82) is 0 Å². The van der Waals surface area contributed by atoms with E-state index in [9.17, 15) is 4.39 Å². The molecule has 0 saturated carbocycles. The lowest BCUT2D eigenvalue weighted by Gasteiger charge is -2.08. The van der Waals surface area contributed by atoms with E-state index in [4.69, 9.17) is 9.84 Å². The molecule has 0 aliphatic heterocycles. The van der Waals surface area contributed by atoms with Crippen LogP contribution in [0, 0.1) is 5.82 Å². The molecule has 14 heavy (non-hydrogen) atoms. The minimum atomic E-state index is -0.402. The molecule has 0 spiro atoms. The molecule has 0 radical (unpaired) electrons. The molecular formula is C11H15FO2. The number of methoxy groups -OCH3 is 1. The molecule has 1 aromatic carbocycles. The fourth-order valence-electron chi connectivity index (χ4n) is 1.27. The van der Waals surface area contributed by atoms with E-state index in [1.807, 2.05) is 0 Å². The molecule has 0 heterocycles. The Kier molecular flexibility index (Phi) is 3.89. The van der Waals surface area contributed by atoms with Crippen molar-refractivity contribution in [3.05, 3.63) is 29.6 Å². The number of aryl methyl sites for hydroxylation is 1. The lowest BCUT2D eigenvalue weighted by Crippen LogP contribution is -2.03. The molecule has 0 bridgehead atoms. The fourth-order valence-corrected chi connectivity index (χ4v) is 1.27. The van der Waals surface area contributed by atoms with Crippen molar-refractivity contribution in [3.8, 4) is 5.75 Å². The van der Waals surface area contributed by atoms with Crippen molar-refractivity contribution >= 4 is 0 Å². The third-order valence-electron chi connectivity index (χ3n) is 2.09. The first-order chi connectivity index (χ1) is 6.65. The maximum absolute atomic E-state index is 13.5. The summed E-state index contributed by atoms with van der Waals surface area (Å²) < 4.78 is 18.4. The average Bonchev–Trinajstić information content (AvgIpc) is 2.16. The Bertz CT molecular complexity index is 297. The molecule has 0 saturated heterocycles. The summed E-state index contributed by atoms with van der Waals surface area (Å²) in [7, 11) is 1.44. The van der Waals surface area contributed by atoms with Crippen LogP contribution in [0.1, 0.15) is 18.9 Å². The third kappa shape index (κ3) is 2.70. The van der Waals surface area contributed by atoms with Crippen LogP contribution in [0.5, 0.6) is 5.75 Å². The van der Waals surface area contributed by atoms with Gasteiger partial charge < -0.3 is 9.84 Å². The highest BCUT2D eigenvalue weighted by atomic mass is 19.1. The maximum atomic E-state index is 13.5. The highest BCUT2D eigenvalue weighted by molar-refractivity contribution is 5.31. The number of halogens is 1. The van der Waals surface area contributed by atoms with Crippen LogP contribution in [-0.2, 0) is 6.42 Å². The molecule has 0 aromatic heterocycles. The molecule has 0 aliphatic rings. The first kappa shape index (κ1) is 11.0. The van der Waals surface area contributed by atoms with E-state index in [0.717, 1.165) is 0 Å². The summed E-state index contributed by atoms with van der Waals surface area (Å²) in [6, 6.07) is 5.04. The Labute approximate surface area is 83.3 Å². The van der Waals surface area contributed by atoms with E-state index in [0.29, 0.717) is 18.4 Å². The van der Waals surface area contributed by atoms with Crippen molar-refractivity contribution in [2.75, 3.05) is 7.11 Å². The number of hydrogen-bond acceptors (Lipinski definition) is 2. The van der Waals surface area contributed by atoms with Gasteiger partial charge in [-0.1, -0.05) is 12.1 Å². The summed E-state index contributed by atoms with van der Waals surface area (Å²) in [6.45, 7) is 1.69. The van der Waals surface area contributed by atoms with Crippen molar-refractivity contribution < 1.29 is 14.2 Å². The van der Waals surface area contributed by atoms with Gasteiger partial charge in [0, 0.05) is 0 Å². The van der Waals surface area contributed by atoms with Crippen molar-refractivity contribution in [3.63, 3.8) is 0 Å². The Morgan fingerprint density at radius 3 is 2.79 bits per heavy atom. The maximum Gasteiger partial charge on any atom is 0.168 e. The largest absolute Gasteiger partial charge is 0.494 e. The van der Waals surface area contributed by atoms with Gasteiger partial charge in [-0.15, -0.1) is 0 Å². The molecule has 1 rings (SSSR count). The molecule has 0 aliphatic carbocycles. The Balaban J connectivity index is 2.76. The number of hydrogen-bond donors (Lipinski definition) is 1. The van der Waals surface area contributed by atoms with Crippen molar-refractivity contribution in [2.24, 2.45) is 0 Å². The number of aliphatic hydroxyl groups excluding tert-OH is 1. The number of rotatable bonds is 4. The number of aliphatic hydroxyl groups is 1. The molecule has 1 atom stereocenters. The molecule has 0 fully saturated rings. The van der Waals surface area contributed by atoms with Crippen LogP contribution in [0.2, 0.25) is 0 Å². The normalized spacial score (nSPS) is 12.6. The summed E-state index contributed by atoms with van der Waals surface area (Å²) in [6.07, 6.45) is 0.686. The lowest BCUT2D eigenvalue weighted by molar-refractivity contribution is 0.184. The topological polar surface area (TPSA) is 29.5 Å². The van der Waals surface area contributed by atoms with Gasteiger partial charge in [0.25, 0.3) is 0 Å². The van der Waals surface area contributed by atoms with Gasteiger partial charge in [0.15, 0.2) is 11.6 Å². The molecule has 1 unspecified atom stereocenters. The van der Waals surface area contributed by atoms with Crippen LogP contribution in [-0.4, -0.2) is 18.3 Å². The Morgan fingerprint density at radius 1 is 1.50 bits per heavy atom. The van der Waals surface area contributed by atoms with Gasteiger partial charge in [0.05, 0.1) is 13.2 Å². The van der Waals surface area contributed by atoms with E-state index < -0.39 is 6.10 Å². The van der Waals surface area contributed by atoms with E-state index in [2.05, 4.69) is 0 Å². The van der Waals surface area contributed by atoms with Crippen LogP contribution >= 0.6 is 0 Å². The van der Waals surface area contributed by atoms with Gasteiger partial charge in [-0.3, -0.25) is 0 Å². The van der Waals surface area contributed by atoms with Gasteiger partial charge in [-0.25, -0.2) is 4.39 Å². The second kappa shape index (κ2) is 4.96. The Morgan fingerprint density at radius 2 is 2.21 bits per heavy atom. The summed E-state index contributed by atoms with van der Waals surface area (Å²) in [4.78, 5) is 0. The fraction of sp³-hybridized carbons (Fsp3) is 0.455. The predicted molar refractivity (Wildman–Crippen MR) is 53.0 cm³/mol. The molecule has 2 nitrogen and oxygen atoms in total. The summed E-state index contributed by atoms with van der Waals surface area (Å²) in [5.74, 6) is -0.0660. The quantitative estimate of drug-likeness (QED) is 0.803. The first-order valence-corrected chi connectivity index (χ1v) is 4.64. The van der Waals surface area contributed by atoms with Gasteiger partial charge >= 0.3 is 0 Å². The molecule has 78 valence electrons. The lowest BCUT2D eigenvalue weighted by atomic mass is 10.1. The highest BCUT2D eigenvalue weighted by Gasteiger charge is 2.08. The number of benzene rings is 1. The molecule has 1 N–H and O–H groups in total. The van der Waals surface area contributed by atoms with Crippen LogP contribution in [0.4, 0.5) is 4.39 Å². The average molecular weight is 198 g/mol. The van der Waals surface area contributed by atoms with Gasteiger partial charge in [-0.2, -0.15) is 0 Å². The van der Waals surface area contributed by atoms with Gasteiger partial charge in [0.1, 0.15) is 0 Å². The van der Waals surface area contributed by atoms with E-state index in [-0.39, 0.29) is 11.6 Å². The summed E-state index contributed by atoms with van der Waals surface area (Å²) in [5.41, 5.74) is 0.588. The monoisotopic (exact) mass is 198 g/mol. The van der Waals surface area contributed by atoms with Crippen molar-refractivity contribution in [2.45, 2.75) is 25.9 Å². The molecule has 3 heteroatoms. The van der Waals surface area contributed by atoms with Crippen LogP contribution < -0.4 is 4.74 Å². The minimum Gasteiger partial charge on any atom is -0.494 e. The smallest absolute Gasteiger partial charge is 0.168 e. The highest BCUT2D eigenvalue weighted by Crippen LogP contribution is 2.21. The molecule has 1 aromatic rings. The zero-order chi connectivity index (χ0) is 10.6. The van der Waals surface area contributed by atoms with Gasteiger partial charge in [-0.05, 0) is 31.4 Å². The van der Waals surface area contributed by atoms with E-state index in [1.54, 1.807) is 25.1 Å². The molecular weight excluding hydrogens is 183 g/mol. The minimum absolute atomic E-state index is 0.257. The predicted octanol–water partition coefficient (Wildman–Crippen LogP) is 2.15. The van der Waals surface area contributed by atoms with E-state index in [1.165, 1.54) is 7.11 Å². The SMILES string of the molecule is COc1cccc(CCC(C)O)c1F. The number of ether oxygens (including phenoxy) is 1. The molecule has 0 amide bonds. The van der Waals surface area contributed by atoms with Crippen molar-refractivity contribution in [1.82, 2.24) is 0 Å². The third-order valence-corrected chi connectivity index (χ3v) is 2.09. The summed E-state index contributed by atoms with van der Waals surface area (Å²) in [5, 5.41) is 9.08. The standard InChI is InChI=1S/C11H15FO2/c1-8(13)6-7-9-4-3-5-10(14-2)11(9)12/h3-5,8,13H,6-7H2,1-2H3.